The SMILES string of the molecule is Nc1nnc(C2CCCCCCC2)o1. The van der Waals surface area contributed by atoms with Crippen molar-refractivity contribution in [3.05, 3.63) is 5.89 Å². The fraction of sp³-hybridized carbons (Fsp3) is 0.800. The largest absolute Gasteiger partial charge is 0.408 e. The molecule has 1 aliphatic rings. The molecule has 0 amide bonds. The van der Waals surface area contributed by atoms with E-state index in [9.17, 15) is 0 Å². The molecule has 1 saturated carbocycles. The van der Waals surface area contributed by atoms with Gasteiger partial charge in [-0.25, -0.2) is 0 Å². The third kappa shape index (κ3) is 2.25. The molecule has 1 aliphatic carbocycles. The van der Waals surface area contributed by atoms with E-state index in [2.05, 4.69) is 10.2 Å². The van der Waals surface area contributed by atoms with Crippen LogP contribution in [-0.4, -0.2) is 10.2 Å². The summed E-state index contributed by atoms with van der Waals surface area (Å²) < 4.78 is 5.27. The molecular formula is C10H17N3O. The minimum atomic E-state index is 0.196. The molecule has 1 aromatic heterocycles. The van der Waals surface area contributed by atoms with E-state index in [0.29, 0.717) is 5.92 Å². The van der Waals surface area contributed by atoms with Crippen molar-refractivity contribution in [1.29, 1.82) is 0 Å². The molecule has 0 bridgehead atoms. The van der Waals surface area contributed by atoms with Crippen LogP contribution in [0.25, 0.3) is 0 Å². The number of nitrogen functional groups attached to an aromatic ring is 1. The molecule has 0 spiro atoms. The molecule has 0 unspecified atom stereocenters. The Kier molecular flexibility index (Phi) is 3.01. The zero-order valence-electron chi connectivity index (χ0n) is 8.41. The van der Waals surface area contributed by atoms with Gasteiger partial charge in [0.15, 0.2) is 0 Å². The van der Waals surface area contributed by atoms with Crippen LogP contribution in [0.4, 0.5) is 6.01 Å². The van der Waals surface area contributed by atoms with Gasteiger partial charge in [-0.1, -0.05) is 37.2 Å². The Bertz CT molecular complexity index is 277. The molecule has 0 atom stereocenters. The summed E-state index contributed by atoms with van der Waals surface area (Å²) in [5.41, 5.74) is 5.41. The lowest BCUT2D eigenvalue weighted by Crippen LogP contribution is -2.02. The maximum Gasteiger partial charge on any atom is 0.312 e. The fourth-order valence-electron chi connectivity index (χ4n) is 2.11. The highest BCUT2D eigenvalue weighted by Crippen LogP contribution is 2.30. The molecule has 4 nitrogen and oxygen atoms in total. The van der Waals surface area contributed by atoms with Crippen LogP contribution in [0.2, 0.25) is 0 Å². The van der Waals surface area contributed by atoms with Gasteiger partial charge in [0.1, 0.15) is 0 Å². The second-order valence-corrected chi connectivity index (χ2v) is 4.02. The summed E-state index contributed by atoms with van der Waals surface area (Å²) >= 11 is 0. The summed E-state index contributed by atoms with van der Waals surface area (Å²) in [4.78, 5) is 0. The number of aromatic nitrogens is 2. The highest BCUT2D eigenvalue weighted by Gasteiger charge is 2.18. The van der Waals surface area contributed by atoms with Gasteiger partial charge in [0.2, 0.25) is 5.89 Å². The van der Waals surface area contributed by atoms with Gasteiger partial charge in [-0.2, -0.15) is 0 Å². The second-order valence-electron chi connectivity index (χ2n) is 4.02. The van der Waals surface area contributed by atoms with Crippen LogP contribution in [0, 0.1) is 0 Å². The minimum Gasteiger partial charge on any atom is -0.408 e. The van der Waals surface area contributed by atoms with E-state index in [4.69, 9.17) is 10.2 Å². The summed E-state index contributed by atoms with van der Waals surface area (Å²) in [5.74, 6) is 1.18. The number of nitrogens with zero attached hydrogens (tertiary/aromatic N) is 2. The standard InChI is InChI=1S/C10H17N3O/c11-10-13-12-9(14-10)8-6-4-2-1-3-5-7-8/h8H,1-7H2,(H2,11,13). The molecule has 1 fully saturated rings. The van der Waals surface area contributed by atoms with Gasteiger partial charge in [0.05, 0.1) is 0 Å². The van der Waals surface area contributed by atoms with E-state index in [1.54, 1.807) is 0 Å². The van der Waals surface area contributed by atoms with Crippen molar-refractivity contribution >= 4 is 6.01 Å². The fourth-order valence-corrected chi connectivity index (χ4v) is 2.11. The van der Waals surface area contributed by atoms with Crippen LogP contribution in [0.1, 0.15) is 56.8 Å². The number of rotatable bonds is 1. The average molecular weight is 195 g/mol. The first kappa shape index (κ1) is 9.49. The van der Waals surface area contributed by atoms with E-state index < -0.39 is 0 Å². The van der Waals surface area contributed by atoms with Gasteiger partial charge in [-0.3, -0.25) is 0 Å². The van der Waals surface area contributed by atoms with Crippen LogP contribution in [-0.2, 0) is 0 Å². The Labute approximate surface area is 83.9 Å². The Morgan fingerprint density at radius 2 is 1.64 bits per heavy atom. The smallest absolute Gasteiger partial charge is 0.312 e. The van der Waals surface area contributed by atoms with Crippen molar-refractivity contribution in [2.75, 3.05) is 5.73 Å². The first-order valence-electron chi connectivity index (χ1n) is 5.45. The number of nitrogens with two attached hydrogens (primary N) is 1. The van der Waals surface area contributed by atoms with Gasteiger partial charge < -0.3 is 10.2 Å². The zero-order valence-corrected chi connectivity index (χ0v) is 8.41. The van der Waals surface area contributed by atoms with Gasteiger partial charge in [0.25, 0.3) is 0 Å². The van der Waals surface area contributed by atoms with E-state index >= 15 is 0 Å². The molecule has 2 rings (SSSR count). The predicted octanol–water partition coefficient (Wildman–Crippen LogP) is 2.48. The molecular weight excluding hydrogens is 178 g/mol. The van der Waals surface area contributed by atoms with E-state index in [1.807, 2.05) is 0 Å². The minimum absolute atomic E-state index is 0.196. The van der Waals surface area contributed by atoms with Crippen molar-refractivity contribution in [2.24, 2.45) is 0 Å². The first-order chi connectivity index (χ1) is 6.86. The summed E-state index contributed by atoms with van der Waals surface area (Å²) in [6.45, 7) is 0. The molecule has 78 valence electrons. The van der Waals surface area contributed by atoms with Crippen molar-refractivity contribution in [1.82, 2.24) is 10.2 Å². The van der Waals surface area contributed by atoms with Crippen LogP contribution < -0.4 is 5.73 Å². The molecule has 0 saturated heterocycles. The zero-order chi connectivity index (χ0) is 9.80. The van der Waals surface area contributed by atoms with Gasteiger partial charge in [0, 0.05) is 5.92 Å². The summed E-state index contributed by atoms with van der Waals surface area (Å²) in [6.07, 6.45) is 8.92. The normalized spacial score (nSPS) is 20.3. The Morgan fingerprint density at radius 3 is 2.21 bits per heavy atom. The topological polar surface area (TPSA) is 64.9 Å². The molecule has 14 heavy (non-hydrogen) atoms. The van der Waals surface area contributed by atoms with Crippen LogP contribution in [0.3, 0.4) is 0 Å². The van der Waals surface area contributed by atoms with Crippen molar-refractivity contribution in [2.45, 2.75) is 50.9 Å². The van der Waals surface area contributed by atoms with Gasteiger partial charge in [-0.15, -0.1) is 5.10 Å². The van der Waals surface area contributed by atoms with Crippen molar-refractivity contribution < 1.29 is 4.42 Å². The Morgan fingerprint density at radius 1 is 1.00 bits per heavy atom. The molecule has 0 aromatic carbocycles. The number of hydrogen-bond donors (Lipinski definition) is 1. The van der Waals surface area contributed by atoms with Crippen LogP contribution in [0.5, 0.6) is 0 Å². The number of anilines is 1. The third-order valence-corrected chi connectivity index (χ3v) is 2.91. The summed E-state index contributed by atoms with van der Waals surface area (Å²) in [7, 11) is 0. The molecule has 1 aromatic rings. The van der Waals surface area contributed by atoms with E-state index in [1.165, 1.54) is 44.9 Å². The lowest BCUT2D eigenvalue weighted by atomic mass is 9.91. The lowest BCUT2D eigenvalue weighted by Gasteiger charge is -2.15. The van der Waals surface area contributed by atoms with Gasteiger partial charge >= 0.3 is 6.01 Å². The Balaban J connectivity index is 2.00. The maximum atomic E-state index is 5.41. The van der Waals surface area contributed by atoms with Crippen LogP contribution in [0.15, 0.2) is 4.42 Å². The molecule has 4 heteroatoms. The van der Waals surface area contributed by atoms with Crippen molar-refractivity contribution in [3.63, 3.8) is 0 Å². The highest BCUT2D eigenvalue weighted by molar-refractivity contribution is 5.06. The van der Waals surface area contributed by atoms with Gasteiger partial charge in [-0.05, 0) is 12.8 Å². The molecule has 0 aliphatic heterocycles. The molecule has 2 N–H and O–H groups in total. The third-order valence-electron chi connectivity index (χ3n) is 2.91. The molecule has 1 heterocycles. The first-order valence-corrected chi connectivity index (χ1v) is 5.45. The van der Waals surface area contributed by atoms with Crippen LogP contribution >= 0.6 is 0 Å². The summed E-state index contributed by atoms with van der Waals surface area (Å²) in [5, 5.41) is 7.68. The second kappa shape index (κ2) is 4.44. The monoisotopic (exact) mass is 195 g/mol. The van der Waals surface area contributed by atoms with E-state index in [-0.39, 0.29) is 6.01 Å². The predicted molar refractivity (Wildman–Crippen MR) is 53.8 cm³/mol. The maximum absolute atomic E-state index is 5.41. The summed E-state index contributed by atoms with van der Waals surface area (Å²) in [6, 6.07) is 0.196. The highest BCUT2D eigenvalue weighted by atomic mass is 16.4. The lowest BCUT2D eigenvalue weighted by molar-refractivity contribution is 0.382. The molecule has 0 radical (unpaired) electrons. The van der Waals surface area contributed by atoms with Crippen molar-refractivity contribution in [3.8, 4) is 0 Å². The number of hydrogen-bond acceptors (Lipinski definition) is 4. The van der Waals surface area contributed by atoms with E-state index in [0.717, 1.165) is 5.89 Å². The quantitative estimate of drug-likeness (QED) is 0.747. The Hall–Kier alpha value is -1.06. The average Bonchev–Trinajstić information content (AvgIpc) is 2.51.